The highest BCUT2D eigenvalue weighted by Crippen LogP contribution is 2.37. The number of methoxy groups -OCH3 is 2. The van der Waals surface area contributed by atoms with E-state index in [1.807, 2.05) is 26.8 Å². The van der Waals surface area contributed by atoms with Crippen molar-refractivity contribution in [2.45, 2.75) is 26.3 Å². The second-order valence-corrected chi connectivity index (χ2v) is 4.53. The van der Waals surface area contributed by atoms with E-state index >= 15 is 0 Å². The van der Waals surface area contributed by atoms with Gasteiger partial charge < -0.3 is 20.9 Å². The van der Waals surface area contributed by atoms with Crippen LogP contribution in [0.1, 0.15) is 23.6 Å². The maximum Gasteiger partial charge on any atom is 0.127 e. The monoisotopic (exact) mass is 238 g/mol. The second kappa shape index (κ2) is 4.94. The van der Waals surface area contributed by atoms with Crippen molar-refractivity contribution in [3.8, 4) is 11.5 Å². The Morgan fingerprint density at radius 1 is 1.18 bits per heavy atom. The highest BCUT2D eigenvalue weighted by atomic mass is 16.5. The normalized spacial score (nSPS) is 14.3. The molecule has 4 N–H and O–H groups in total. The van der Waals surface area contributed by atoms with Gasteiger partial charge in [0.15, 0.2) is 0 Å². The highest BCUT2D eigenvalue weighted by Gasteiger charge is 2.26. The Balaban J connectivity index is 3.53. The molecule has 0 radical (unpaired) electrons. The fourth-order valence-corrected chi connectivity index (χ4v) is 1.87. The van der Waals surface area contributed by atoms with E-state index in [1.165, 1.54) is 0 Å². The molecule has 0 spiro atoms. The van der Waals surface area contributed by atoms with E-state index in [-0.39, 0.29) is 0 Å². The Morgan fingerprint density at radius 3 is 2.18 bits per heavy atom. The van der Waals surface area contributed by atoms with Crippen LogP contribution in [0, 0.1) is 13.8 Å². The first kappa shape index (κ1) is 13.8. The summed E-state index contributed by atoms with van der Waals surface area (Å²) in [7, 11) is 3.29. The minimum Gasteiger partial charge on any atom is -0.496 e. The van der Waals surface area contributed by atoms with Crippen LogP contribution >= 0.6 is 0 Å². The van der Waals surface area contributed by atoms with Gasteiger partial charge in [0.2, 0.25) is 0 Å². The van der Waals surface area contributed by atoms with Crippen LogP contribution < -0.4 is 20.9 Å². The molecule has 0 saturated heterocycles. The summed E-state index contributed by atoms with van der Waals surface area (Å²) in [5.74, 6) is 1.60. The van der Waals surface area contributed by atoms with Crippen molar-refractivity contribution < 1.29 is 9.47 Å². The number of ether oxygens (including phenoxy) is 2. The van der Waals surface area contributed by atoms with Gasteiger partial charge >= 0.3 is 0 Å². The summed E-state index contributed by atoms with van der Waals surface area (Å²) in [6.07, 6.45) is 0. The number of hydrogen-bond donors (Lipinski definition) is 2. The van der Waals surface area contributed by atoms with Crippen LogP contribution in [0.15, 0.2) is 6.07 Å². The lowest BCUT2D eigenvalue weighted by Gasteiger charge is -2.27. The Kier molecular flexibility index (Phi) is 4.01. The van der Waals surface area contributed by atoms with Gasteiger partial charge in [-0.05, 0) is 38.0 Å². The van der Waals surface area contributed by atoms with Crippen molar-refractivity contribution in [1.29, 1.82) is 0 Å². The van der Waals surface area contributed by atoms with Gasteiger partial charge in [0, 0.05) is 12.1 Å². The van der Waals surface area contributed by atoms with Crippen LogP contribution in [0.25, 0.3) is 0 Å². The Morgan fingerprint density at radius 2 is 1.76 bits per heavy atom. The third-order valence-corrected chi connectivity index (χ3v) is 3.26. The van der Waals surface area contributed by atoms with E-state index in [1.54, 1.807) is 14.2 Å². The molecule has 0 aromatic heterocycles. The van der Waals surface area contributed by atoms with Gasteiger partial charge in [-0.3, -0.25) is 0 Å². The molecular formula is C13H22N2O2. The fraction of sp³-hybridized carbons (Fsp3) is 0.538. The molecule has 0 bridgehead atoms. The zero-order valence-electron chi connectivity index (χ0n) is 11.3. The molecule has 0 amide bonds. The summed E-state index contributed by atoms with van der Waals surface area (Å²) in [5.41, 5.74) is 14.3. The van der Waals surface area contributed by atoms with Gasteiger partial charge in [0.1, 0.15) is 11.5 Å². The number of hydrogen-bond acceptors (Lipinski definition) is 4. The predicted octanol–water partition coefficient (Wildman–Crippen LogP) is 1.45. The molecule has 4 heteroatoms. The first-order valence-corrected chi connectivity index (χ1v) is 5.60. The van der Waals surface area contributed by atoms with Crippen LogP contribution in [-0.2, 0) is 5.54 Å². The predicted molar refractivity (Wildman–Crippen MR) is 69.6 cm³/mol. The third-order valence-electron chi connectivity index (χ3n) is 3.26. The number of benzene rings is 1. The summed E-state index contributed by atoms with van der Waals surface area (Å²) in [6.45, 7) is 6.22. The standard InChI is InChI=1S/C13H22N2O2/c1-8-9(2)12(17-5)10(6-11(8)16-4)13(3,15)7-14/h6H,7,14-15H2,1-5H3. The maximum absolute atomic E-state index is 6.20. The lowest BCUT2D eigenvalue weighted by atomic mass is 9.89. The van der Waals surface area contributed by atoms with Crippen molar-refractivity contribution in [2.24, 2.45) is 11.5 Å². The number of nitrogens with two attached hydrogens (primary N) is 2. The molecule has 1 unspecified atom stereocenters. The molecule has 0 fully saturated rings. The first-order valence-electron chi connectivity index (χ1n) is 5.60. The molecule has 96 valence electrons. The average molecular weight is 238 g/mol. The second-order valence-electron chi connectivity index (χ2n) is 4.53. The highest BCUT2D eigenvalue weighted by molar-refractivity contribution is 5.54. The summed E-state index contributed by atoms with van der Waals surface area (Å²) < 4.78 is 10.8. The summed E-state index contributed by atoms with van der Waals surface area (Å²) in [4.78, 5) is 0. The van der Waals surface area contributed by atoms with E-state index in [4.69, 9.17) is 20.9 Å². The topological polar surface area (TPSA) is 70.5 Å². The van der Waals surface area contributed by atoms with Crippen LogP contribution in [0.2, 0.25) is 0 Å². The Bertz CT molecular complexity index is 414. The van der Waals surface area contributed by atoms with Gasteiger partial charge in [-0.15, -0.1) is 0 Å². The largest absolute Gasteiger partial charge is 0.496 e. The number of rotatable bonds is 4. The van der Waals surface area contributed by atoms with Crippen LogP contribution in [0.5, 0.6) is 11.5 Å². The van der Waals surface area contributed by atoms with Crippen LogP contribution in [-0.4, -0.2) is 20.8 Å². The van der Waals surface area contributed by atoms with Crippen molar-refractivity contribution in [3.63, 3.8) is 0 Å². The smallest absolute Gasteiger partial charge is 0.127 e. The Labute approximate surface area is 103 Å². The molecule has 1 aromatic carbocycles. The van der Waals surface area contributed by atoms with E-state index in [2.05, 4.69) is 0 Å². The molecule has 0 heterocycles. The summed E-state index contributed by atoms with van der Waals surface area (Å²) in [6, 6.07) is 1.91. The van der Waals surface area contributed by atoms with Gasteiger partial charge in [-0.25, -0.2) is 0 Å². The van der Waals surface area contributed by atoms with Gasteiger partial charge in [-0.2, -0.15) is 0 Å². The molecule has 1 rings (SSSR count). The zero-order valence-corrected chi connectivity index (χ0v) is 11.3. The lowest BCUT2D eigenvalue weighted by Crippen LogP contribution is -2.41. The average Bonchev–Trinajstić information content (AvgIpc) is 2.32. The fourth-order valence-electron chi connectivity index (χ4n) is 1.87. The van der Waals surface area contributed by atoms with Crippen molar-refractivity contribution in [2.75, 3.05) is 20.8 Å². The summed E-state index contributed by atoms with van der Waals surface area (Å²) >= 11 is 0. The molecule has 17 heavy (non-hydrogen) atoms. The lowest BCUT2D eigenvalue weighted by molar-refractivity contribution is 0.376. The van der Waals surface area contributed by atoms with Crippen molar-refractivity contribution in [3.05, 3.63) is 22.8 Å². The van der Waals surface area contributed by atoms with E-state index in [0.29, 0.717) is 6.54 Å². The molecule has 0 aliphatic rings. The van der Waals surface area contributed by atoms with Gasteiger partial charge in [0.25, 0.3) is 0 Å². The van der Waals surface area contributed by atoms with Crippen LogP contribution in [0.3, 0.4) is 0 Å². The third kappa shape index (κ3) is 2.37. The van der Waals surface area contributed by atoms with Gasteiger partial charge in [0.05, 0.1) is 19.8 Å². The van der Waals surface area contributed by atoms with E-state index in [9.17, 15) is 0 Å². The van der Waals surface area contributed by atoms with Crippen LogP contribution in [0.4, 0.5) is 0 Å². The molecule has 4 nitrogen and oxygen atoms in total. The van der Waals surface area contributed by atoms with Gasteiger partial charge in [-0.1, -0.05) is 0 Å². The SMILES string of the molecule is COc1cc(C(C)(N)CN)c(OC)c(C)c1C. The molecular weight excluding hydrogens is 216 g/mol. The zero-order chi connectivity index (χ0) is 13.2. The molecule has 0 saturated carbocycles. The summed E-state index contributed by atoms with van der Waals surface area (Å²) in [5, 5.41) is 0. The Hall–Kier alpha value is -1.26. The quantitative estimate of drug-likeness (QED) is 0.833. The van der Waals surface area contributed by atoms with E-state index in [0.717, 1.165) is 28.2 Å². The van der Waals surface area contributed by atoms with Crippen molar-refractivity contribution >= 4 is 0 Å². The van der Waals surface area contributed by atoms with E-state index < -0.39 is 5.54 Å². The molecule has 1 atom stereocenters. The molecule has 0 aliphatic heterocycles. The molecule has 1 aromatic rings. The maximum atomic E-state index is 6.20. The van der Waals surface area contributed by atoms with Crippen molar-refractivity contribution in [1.82, 2.24) is 0 Å². The minimum atomic E-state index is -0.628. The first-order chi connectivity index (χ1) is 7.88. The molecule has 0 aliphatic carbocycles. The minimum absolute atomic E-state index is 0.342.